The molecule has 2 aliphatic heterocycles. The first kappa shape index (κ1) is 25.5. The van der Waals surface area contributed by atoms with Crippen molar-refractivity contribution in [2.45, 2.75) is 64.6 Å². The number of hydrogen-bond donors (Lipinski definition) is 2. The van der Waals surface area contributed by atoms with Gasteiger partial charge in [-0.3, -0.25) is 0 Å². The van der Waals surface area contributed by atoms with Crippen LogP contribution in [0.25, 0.3) is 0 Å². The highest BCUT2D eigenvalue weighted by Gasteiger charge is 2.33. The molecule has 192 valence electrons. The molecule has 1 unspecified atom stereocenters. The van der Waals surface area contributed by atoms with E-state index in [0.29, 0.717) is 38.9 Å². The van der Waals surface area contributed by atoms with E-state index in [4.69, 9.17) is 4.74 Å². The Labute approximate surface area is 213 Å². The molecule has 8 heteroatoms. The molecule has 2 aromatic carbocycles. The predicted octanol–water partition coefficient (Wildman–Crippen LogP) is 4.12. The van der Waals surface area contributed by atoms with Crippen LogP contribution < -0.4 is 10.6 Å². The lowest BCUT2D eigenvalue weighted by Gasteiger charge is -2.40. The fraction of sp³-hybridized carbons (Fsp3) is 0.464. The number of carbonyl (C=O) groups is 3. The molecular formula is C28H36N4O4. The van der Waals surface area contributed by atoms with Crippen molar-refractivity contribution in [2.24, 2.45) is 0 Å². The zero-order valence-electron chi connectivity index (χ0n) is 21.4. The molecule has 0 bridgehead atoms. The van der Waals surface area contributed by atoms with Crippen molar-refractivity contribution >= 4 is 23.7 Å². The van der Waals surface area contributed by atoms with E-state index in [2.05, 4.69) is 36.6 Å². The first-order valence-corrected chi connectivity index (χ1v) is 12.8. The lowest BCUT2D eigenvalue weighted by atomic mass is 9.97. The summed E-state index contributed by atoms with van der Waals surface area (Å²) in [6, 6.07) is 13.0. The van der Waals surface area contributed by atoms with Crippen LogP contribution in [-0.2, 0) is 35.3 Å². The van der Waals surface area contributed by atoms with Gasteiger partial charge in [0.1, 0.15) is 6.04 Å². The van der Waals surface area contributed by atoms with E-state index in [9.17, 15) is 14.4 Å². The summed E-state index contributed by atoms with van der Waals surface area (Å²) in [4.78, 5) is 41.8. The lowest BCUT2D eigenvalue weighted by molar-refractivity contribution is -0.142. The Kier molecular flexibility index (Phi) is 8.13. The Morgan fingerprint density at radius 3 is 2.50 bits per heavy atom. The number of amides is 4. The second kappa shape index (κ2) is 11.5. The summed E-state index contributed by atoms with van der Waals surface area (Å²) in [6.45, 7) is 5.85. The number of fused-ring (bicyclic) bond motifs is 1. The number of piperidine rings is 1. The zero-order chi connectivity index (χ0) is 25.7. The maximum Gasteiger partial charge on any atom is 0.328 e. The first-order chi connectivity index (χ1) is 17.4. The van der Waals surface area contributed by atoms with Crippen LogP contribution in [0.2, 0.25) is 0 Å². The van der Waals surface area contributed by atoms with E-state index in [0.717, 1.165) is 29.7 Å². The van der Waals surface area contributed by atoms with Crippen LogP contribution in [-0.4, -0.2) is 60.1 Å². The Morgan fingerprint density at radius 1 is 1.08 bits per heavy atom. The SMILES string of the molecule is CCc1ccc(CC(NC(=O)N2CCC(N3Cc4ccccc4NC3=O)CC2)C(=O)OC)cc1CC. The fourth-order valence-electron chi connectivity index (χ4n) is 5.19. The number of para-hydroxylation sites is 1. The van der Waals surface area contributed by atoms with Gasteiger partial charge in [0.25, 0.3) is 0 Å². The normalized spacial score (nSPS) is 16.7. The molecular weight excluding hydrogens is 456 g/mol. The summed E-state index contributed by atoms with van der Waals surface area (Å²) in [6.07, 6.45) is 3.62. The topological polar surface area (TPSA) is 91.0 Å². The van der Waals surface area contributed by atoms with Crippen molar-refractivity contribution in [1.29, 1.82) is 0 Å². The number of methoxy groups -OCH3 is 1. The van der Waals surface area contributed by atoms with Gasteiger partial charge in [-0.2, -0.15) is 0 Å². The number of carbonyl (C=O) groups excluding carboxylic acids is 3. The summed E-state index contributed by atoms with van der Waals surface area (Å²) in [5.74, 6) is -0.459. The molecule has 1 fully saturated rings. The Morgan fingerprint density at radius 2 is 1.81 bits per heavy atom. The molecule has 2 heterocycles. The zero-order valence-corrected chi connectivity index (χ0v) is 21.4. The molecule has 8 nitrogen and oxygen atoms in total. The monoisotopic (exact) mass is 492 g/mol. The van der Waals surface area contributed by atoms with E-state index >= 15 is 0 Å². The second-order valence-electron chi connectivity index (χ2n) is 9.47. The van der Waals surface area contributed by atoms with E-state index in [1.807, 2.05) is 35.2 Å². The van der Waals surface area contributed by atoms with Gasteiger partial charge in [0.2, 0.25) is 0 Å². The van der Waals surface area contributed by atoms with Crippen molar-refractivity contribution in [3.63, 3.8) is 0 Å². The van der Waals surface area contributed by atoms with Crippen LogP contribution in [0.4, 0.5) is 15.3 Å². The molecule has 0 saturated carbocycles. The Hall–Kier alpha value is -3.55. The van der Waals surface area contributed by atoms with E-state index in [-0.39, 0.29) is 18.1 Å². The van der Waals surface area contributed by atoms with Gasteiger partial charge in [0.05, 0.1) is 7.11 Å². The number of hydrogen-bond acceptors (Lipinski definition) is 4. The van der Waals surface area contributed by atoms with E-state index < -0.39 is 12.0 Å². The largest absolute Gasteiger partial charge is 0.467 e. The van der Waals surface area contributed by atoms with Gasteiger partial charge in [-0.25, -0.2) is 14.4 Å². The number of likely N-dealkylation sites (tertiary alicyclic amines) is 1. The predicted molar refractivity (Wildman–Crippen MR) is 139 cm³/mol. The molecule has 0 aromatic heterocycles. The molecule has 1 saturated heterocycles. The highest BCUT2D eigenvalue weighted by Crippen LogP contribution is 2.27. The molecule has 2 N–H and O–H groups in total. The molecule has 0 radical (unpaired) electrons. The van der Waals surface area contributed by atoms with Gasteiger partial charge in [-0.05, 0) is 54.0 Å². The highest BCUT2D eigenvalue weighted by atomic mass is 16.5. The standard InChI is InChI=1S/C28H36N4O4/c1-4-20-11-10-19(16-21(20)5-2)17-25(26(33)36-3)30-27(34)31-14-12-23(13-15-31)32-18-22-8-6-7-9-24(22)29-28(32)35/h6-11,16,23,25H,4-5,12-15,17-18H2,1-3H3,(H,29,35)(H,30,34). The van der Waals surface area contributed by atoms with Crippen LogP contribution in [0, 0.1) is 0 Å². The quantitative estimate of drug-likeness (QED) is 0.569. The smallest absolute Gasteiger partial charge is 0.328 e. The third-order valence-corrected chi connectivity index (χ3v) is 7.31. The van der Waals surface area contributed by atoms with E-state index in [1.165, 1.54) is 18.2 Å². The van der Waals surface area contributed by atoms with Crippen molar-refractivity contribution in [1.82, 2.24) is 15.1 Å². The highest BCUT2D eigenvalue weighted by molar-refractivity contribution is 5.92. The fourth-order valence-corrected chi connectivity index (χ4v) is 5.19. The number of ether oxygens (including phenoxy) is 1. The number of esters is 1. The molecule has 2 aromatic rings. The lowest BCUT2D eigenvalue weighted by Crippen LogP contribution is -2.54. The van der Waals surface area contributed by atoms with Crippen LogP contribution in [0.15, 0.2) is 42.5 Å². The van der Waals surface area contributed by atoms with Crippen molar-refractivity contribution in [3.05, 3.63) is 64.7 Å². The molecule has 0 spiro atoms. The summed E-state index contributed by atoms with van der Waals surface area (Å²) in [5, 5.41) is 5.86. The summed E-state index contributed by atoms with van der Waals surface area (Å²) >= 11 is 0. The molecule has 0 aliphatic carbocycles. The van der Waals surface area contributed by atoms with Gasteiger partial charge in [-0.15, -0.1) is 0 Å². The van der Waals surface area contributed by atoms with Crippen molar-refractivity contribution in [3.8, 4) is 0 Å². The van der Waals surface area contributed by atoms with Gasteiger partial charge in [-0.1, -0.05) is 50.2 Å². The molecule has 2 aliphatic rings. The summed E-state index contributed by atoms with van der Waals surface area (Å²) < 4.78 is 4.99. The minimum atomic E-state index is -0.762. The first-order valence-electron chi connectivity index (χ1n) is 12.8. The van der Waals surface area contributed by atoms with Crippen LogP contribution in [0.5, 0.6) is 0 Å². The number of benzene rings is 2. The average molecular weight is 493 g/mol. The average Bonchev–Trinajstić information content (AvgIpc) is 2.91. The van der Waals surface area contributed by atoms with Crippen LogP contribution >= 0.6 is 0 Å². The van der Waals surface area contributed by atoms with Gasteiger partial charge in [0, 0.05) is 37.8 Å². The number of nitrogens with one attached hydrogen (secondary N) is 2. The minimum absolute atomic E-state index is 0.0587. The second-order valence-corrected chi connectivity index (χ2v) is 9.47. The Balaban J connectivity index is 1.36. The summed E-state index contributed by atoms with van der Waals surface area (Å²) in [7, 11) is 1.34. The number of rotatable bonds is 7. The minimum Gasteiger partial charge on any atom is -0.467 e. The maximum atomic E-state index is 13.1. The number of anilines is 1. The van der Waals surface area contributed by atoms with Crippen LogP contribution in [0.3, 0.4) is 0 Å². The van der Waals surface area contributed by atoms with Crippen LogP contribution in [0.1, 0.15) is 48.9 Å². The van der Waals surface area contributed by atoms with Crippen molar-refractivity contribution < 1.29 is 19.1 Å². The van der Waals surface area contributed by atoms with E-state index in [1.54, 1.807) is 4.90 Å². The van der Waals surface area contributed by atoms with Gasteiger partial charge in [0.15, 0.2) is 0 Å². The third-order valence-electron chi connectivity index (χ3n) is 7.31. The maximum absolute atomic E-state index is 13.1. The number of aryl methyl sites for hydroxylation is 2. The molecule has 4 rings (SSSR count). The number of urea groups is 2. The molecule has 4 amide bonds. The number of nitrogens with zero attached hydrogens (tertiary/aromatic N) is 2. The Bertz CT molecular complexity index is 1110. The van der Waals surface area contributed by atoms with Gasteiger partial charge >= 0.3 is 18.0 Å². The molecule has 1 atom stereocenters. The summed E-state index contributed by atoms with van der Waals surface area (Å²) in [5.41, 5.74) is 5.51. The molecule has 36 heavy (non-hydrogen) atoms. The third kappa shape index (κ3) is 5.64. The van der Waals surface area contributed by atoms with Gasteiger partial charge < -0.3 is 25.2 Å². The van der Waals surface area contributed by atoms with Crippen molar-refractivity contribution in [2.75, 3.05) is 25.5 Å².